The summed E-state index contributed by atoms with van der Waals surface area (Å²) in [5, 5.41) is 40.6. The van der Waals surface area contributed by atoms with Gasteiger partial charge in [0.05, 0.1) is 17.8 Å². The number of aliphatic hydroxyl groups excluding tert-OH is 1. The van der Waals surface area contributed by atoms with Gasteiger partial charge in [-0.2, -0.15) is 0 Å². The van der Waals surface area contributed by atoms with E-state index >= 15 is 0 Å². The summed E-state index contributed by atoms with van der Waals surface area (Å²) in [4.78, 5) is 37.3. The van der Waals surface area contributed by atoms with Crippen LogP contribution < -0.4 is 0 Å². The molecule has 4 N–H and O–H groups in total. The lowest BCUT2D eigenvalue weighted by atomic mass is 9.51. The Bertz CT molecular complexity index is 1100. The zero-order valence-corrected chi connectivity index (χ0v) is 23.0. The van der Waals surface area contributed by atoms with Crippen LogP contribution in [0.5, 0.6) is 0 Å². The van der Waals surface area contributed by atoms with E-state index < -0.39 is 29.7 Å². The fourth-order valence-corrected chi connectivity index (χ4v) is 14.9. The first-order chi connectivity index (χ1) is 18.6. The standard InChI is InChI=1S/C32H44O7/c1-10-15-7-19(24-12-3-14(9-33)16(4-12)26(15)24)22(10)28-21-8-20(29(28)23(32(38)39)11(2)30(34)35)25-13-5-17(27(21)25)18(6-13)31(36)37/h10-29,33H,3-9H2,1-2H3,(H,34,35)(H,36,37)(H,38,39). The number of hydrogen-bond donors (Lipinski definition) is 4. The van der Waals surface area contributed by atoms with Gasteiger partial charge in [0.25, 0.3) is 0 Å². The predicted molar refractivity (Wildman–Crippen MR) is 139 cm³/mol. The summed E-state index contributed by atoms with van der Waals surface area (Å²) in [5.74, 6) is 2.61. The van der Waals surface area contributed by atoms with Crippen LogP contribution in [0, 0.1) is 118 Å². The summed E-state index contributed by atoms with van der Waals surface area (Å²) < 4.78 is 0. The average molecular weight is 541 g/mol. The average Bonchev–Trinajstić information content (AvgIpc) is 3.71. The van der Waals surface area contributed by atoms with Gasteiger partial charge in [0, 0.05) is 6.61 Å². The summed E-state index contributed by atoms with van der Waals surface area (Å²) in [6.07, 6.45) is 6.27. The zero-order chi connectivity index (χ0) is 27.2. The van der Waals surface area contributed by atoms with Crippen LogP contribution in [0.2, 0.25) is 0 Å². The van der Waals surface area contributed by atoms with Gasteiger partial charge in [-0.25, -0.2) is 0 Å². The largest absolute Gasteiger partial charge is 0.481 e. The molecule has 8 rings (SSSR count). The molecule has 214 valence electrons. The van der Waals surface area contributed by atoms with Crippen LogP contribution >= 0.6 is 0 Å². The number of aliphatic carboxylic acids is 3. The van der Waals surface area contributed by atoms with Crippen molar-refractivity contribution in [2.75, 3.05) is 6.61 Å². The molecule has 39 heavy (non-hydrogen) atoms. The van der Waals surface area contributed by atoms with Gasteiger partial charge in [-0.05, 0) is 139 Å². The summed E-state index contributed by atoms with van der Waals surface area (Å²) in [7, 11) is 0. The number of aliphatic hydroxyl groups is 1. The zero-order valence-electron chi connectivity index (χ0n) is 23.0. The summed E-state index contributed by atoms with van der Waals surface area (Å²) in [6, 6.07) is 0. The third kappa shape index (κ3) is 2.97. The molecule has 0 spiro atoms. The second kappa shape index (κ2) is 8.23. The maximum Gasteiger partial charge on any atom is 0.307 e. The van der Waals surface area contributed by atoms with Crippen LogP contribution in [0.25, 0.3) is 0 Å². The van der Waals surface area contributed by atoms with E-state index in [0.717, 1.165) is 25.7 Å². The number of carboxylic acids is 3. The van der Waals surface area contributed by atoms with E-state index in [1.54, 1.807) is 6.92 Å². The van der Waals surface area contributed by atoms with Crippen molar-refractivity contribution in [3.8, 4) is 0 Å². The number of hydrogen-bond acceptors (Lipinski definition) is 4. The topological polar surface area (TPSA) is 132 Å². The van der Waals surface area contributed by atoms with Crippen LogP contribution in [0.3, 0.4) is 0 Å². The van der Waals surface area contributed by atoms with Crippen LogP contribution in [0.4, 0.5) is 0 Å². The molecule has 8 aliphatic rings. The van der Waals surface area contributed by atoms with E-state index in [9.17, 15) is 34.8 Å². The lowest BCUT2D eigenvalue weighted by molar-refractivity contribution is -0.162. The Morgan fingerprint density at radius 1 is 0.667 bits per heavy atom. The molecule has 7 heteroatoms. The first kappa shape index (κ1) is 25.1. The first-order valence-electron chi connectivity index (χ1n) is 15.9. The van der Waals surface area contributed by atoms with Crippen molar-refractivity contribution >= 4 is 17.9 Å². The molecule has 0 heterocycles. The third-order valence-corrected chi connectivity index (χ3v) is 15.3. The van der Waals surface area contributed by atoms with Crippen LogP contribution in [-0.2, 0) is 14.4 Å². The van der Waals surface area contributed by atoms with E-state index in [1.807, 2.05) is 0 Å². The van der Waals surface area contributed by atoms with Crippen molar-refractivity contribution in [1.29, 1.82) is 0 Å². The Morgan fingerprint density at radius 2 is 1.28 bits per heavy atom. The molecule has 0 aromatic carbocycles. The molecule has 0 aliphatic heterocycles. The summed E-state index contributed by atoms with van der Waals surface area (Å²) in [6.45, 7) is 4.31. The fourth-order valence-electron chi connectivity index (χ4n) is 14.9. The lowest BCUT2D eigenvalue weighted by Gasteiger charge is -2.53. The highest BCUT2D eigenvalue weighted by atomic mass is 16.4. The second-order valence-corrected chi connectivity index (χ2v) is 15.7. The molecular weight excluding hydrogens is 496 g/mol. The minimum atomic E-state index is -1.01. The van der Waals surface area contributed by atoms with Gasteiger partial charge in [-0.15, -0.1) is 0 Å². The normalized spacial score (nSPS) is 58.5. The quantitative estimate of drug-likeness (QED) is 0.358. The van der Waals surface area contributed by atoms with Gasteiger partial charge >= 0.3 is 17.9 Å². The molecule has 20 unspecified atom stereocenters. The van der Waals surface area contributed by atoms with E-state index in [-0.39, 0.29) is 29.6 Å². The Balaban J connectivity index is 1.19. The Labute approximate surface area is 230 Å². The molecule has 0 radical (unpaired) electrons. The number of carbonyl (C=O) groups is 3. The smallest absolute Gasteiger partial charge is 0.307 e. The van der Waals surface area contributed by atoms with Crippen molar-refractivity contribution in [1.82, 2.24) is 0 Å². The molecule has 0 aromatic rings. The first-order valence-corrected chi connectivity index (χ1v) is 15.9. The Kier molecular flexibility index (Phi) is 5.30. The van der Waals surface area contributed by atoms with Crippen molar-refractivity contribution in [3.63, 3.8) is 0 Å². The molecular formula is C32H44O7. The number of carboxylic acid groups (broad SMARTS) is 3. The highest BCUT2D eigenvalue weighted by molar-refractivity contribution is 5.80. The molecule has 8 fully saturated rings. The molecule has 8 saturated carbocycles. The van der Waals surface area contributed by atoms with Crippen LogP contribution in [0.15, 0.2) is 0 Å². The van der Waals surface area contributed by atoms with E-state index in [0.29, 0.717) is 83.5 Å². The Morgan fingerprint density at radius 3 is 1.95 bits per heavy atom. The van der Waals surface area contributed by atoms with Crippen molar-refractivity contribution in [2.24, 2.45) is 118 Å². The lowest BCUT2D eigenvalue weighted by Crippen LogP contribution is -2.52. The van der Waals surface area contributed by atoms with E-state index in [2.05, 4.69) is 6.92 Å². The van der Waals surface area contributed by atoms with Gasteiger partial charge in [-0.1, -0.05) is 13.8 Å². The minimum Gasteiger partial charge on any atom is -0.481 e. The monoisotopic (exact) mass is 540 g/mol. The predicted octanol–water partition coefficient (Wildman–Crippen LogP) is 4.05. The SMILES string of the molecule is CC(C(=O)O)C(C(=O)O)C1C2CC(C3C4CC(CC4C(=O)O)C23)C1C1C(C)C2CC1C1C3CC(CO)C(C3)C21. The van der Waals surface area contributed by atoms with E-state index in [1.165, 1.54) is 12.8 Å². The highest BCUT2D eigenvalue weighted by Crippen LogP contribution is 2.78. The second-order valence-electron chi connectivity index (χ2n) is 15.7. The molecule has 20 atom stereocenters. The molecule has 0 saturated heterocycles. The Hall–Kier alpha value is -1.63. The van der Waals surface area contributed by atoms with Crippen LogP contribution in [0.1, 0.15) is 52.4 Å². The molecule has 0 aromatic heterocycles. The highest BCUT2D eigenvalue weighted by Gasteiger charge is 2.74. The van der Waals surface area contributed by atoms with Gasteiger partial charge in [-0.3, -0.25) is 14.4 Å². The third-order valence-electron chi connectivity index (χ3n) is 15.3. The molecule has 7 nitrogen and oxygen atoms in total. The van der Waals surface area contributed by atoms with Gasteiger partial charge < -0.3 is 20.4 Å². The minimum absolute atomic E-state index is 0.114. The molecule has 8 bridgehead atoms. The summed E-state index contributed by atoms with van der Waals surface area (Å²) >= 11 is 0. The van der Waals surface area contributed by atoms with Gasteiger partial charge in [0.15, 0.2) is 0 Å². The van der Waals surface area contributed by atoms with Crippen molar-refractivity contribution in [2.45, 2.75) is 52.4 Å². The van der Waals surface area contributed by atoms with Gasteiger partial charge in [0.1, 0.15) is 0 Å². The maximum atomic E-state index is 12.9. The van der Waals surface area contributed by atoms with E-state index in [4.69, 9.17) is 0 Å². The van der Waals surface area contributed by atoms with Crippen molar-refractivity contribution in [3.05, 3.63) is 0 Å². The fraction of sp³-hybridized carbons (Fsp3) is 0.906. The summed E-state index contributed by atoms with van der Waals surface area (Å²) in [5.41, 5.74) is 0. The van der Waals surface area contributed by atoms with Crippen LogP contribution in [-0.4, -0.2) is 44.9 Å². The van der Waals surface area contributed by atoms with Crippen molar-refractivity contribution < 1.29 is 34.8 Å². The number of rotatable bonds is 7. The maximum absolute atomic E-state index is 12.9. The molecule has 8 aliphatic carbocycles. The van der Waals surface area contributed by atoms with Gasteiger partial charge in [0.2, 0.25) is 0 Å². The number of fused-ring (bicyclic) bond motifs is 18. The molecule has 0 amide bonds.